The van der Waals surface area contributed by atoms with Crippen LogP contribution >= 0.6 is 0 Å². The number of hydrogen-bond acceptors (Lipinski definition) is 7. The molecule has 12 heteroatoms. The van der Waals surface area contributed by atoms with Gasteiger partial charge in [0.15, 0.2) is 0 Å². The molecular formula is C21H26F3N5O4. The number of nitrogens with zero attached hydrogens (tertiary/aromatic N) is 5. The number of rotatable bonds is 3. The van der Waals surface area contributed by atoms with Crippen molar-refractivity contribution in [1.29, 1.82) is 0 Å². The van der Waals surface area contributed by atoms with E-state index < -0.39 is 24.3 Å². The van der Waals surface area contributed by atoms with E-state index in [1.165, 1.54) is 10.6 Å². The molecule has 9 nitrogen and oxygen atoms in total. The van der Waals surface area contributed by atoms with Crippen molar-refractivity contribution in [2.24, 2.45) is 0 Å². The van der Waals surface area contributed by atoms with Gasteiger partial charge < -0.3 is 24.2 Å². The molecule has 33 heavy (non-hydrogen) atoms. The van der Waals surface area contributed by atoms with Crippen LogP contribution in [0, 0.1) is 0 Å². The van der Waals surface area contributed by atoms with Crippen molar-refractivity contribution < 1.29 is 27.4 Å². The number of hydrogen-bond donors (Lipinski definition) is 0. The fraction of sp³-hybridized carbons (Fsp3) is 0.762. The van der Waals surface area contributed by atoms with Crippen molar-refractivity contribution in [3.05, 3.63) is 16.4 Å². The van der Waals surface area contributed by atoms with Crippen LogP contribution in [0.3, 0.4) is 0 Å². The lowest BCUT2D eigenvalue weighted by Crippen LogP contribution is -2.58. The van der Waals surface area contributed by atoms with Crippen LogP contribution in [-0.4, -0.2) is 89.7 Å². The van der Waals surface area contributed by atoms with Gasteiger partial charge in [0.05, 0.1) is 44.1 Å². The van der Waals surface area contributed by atoms with E-state index in [0.717, 1.165) is 24.2 Å². The molecule has 1 amide bonds. The maximum atomic E-state index is 14.0. The first-order chi connectivity index (χ1) is 15.8. The number of amides is 1. The maximum absolute atomic E-state index is 14.0. The average molecular weight is 469 g/mol. The van der Waals surface area contributed by atoms with Crippen LogP contribution < -0.4 is 15.4 Å². The van der Waals surface area contributed by atoms with E-state index in [9.17, 15) is 22.8 Å². The standard InChI is InChI=1S/C21H26F3N5O4/c22-21(23,24)16-3-4-26-18(30)6-17(27-7-15-5-14(27)11-33-15)25-20(26)28(16)8-19(31)29-12-1-2-13(29)10-32-9-12/h6,12-16H,1-5,7-11H2/t12?,13?,14?,15?,16-/m0/s1. The second kappa shape index (κ2) is 7.59. The number of alkyl halides is 3. The summed E-state index contributed by atoms with van der Waals surface area (Å²) in [6.07, 6.45) is -2.41. The molecule has 0 aliphatic carbocycles. The number of fused-ring (bicyclic) bond motifs is 5. The van der Waals surface area contributed by atoms with Crippen LogP contribution in [0.25, 0.3) is 0 Å². The van der Waals surface area contributed by atoms with Crippen molar-refractivity contribution in [3.8, 4) is 0 Å². The number of anilines is 2. The molecule has 1 aromatic heterocycles. The Hall–Kier alpha value is -2.34. The minimum atomic E-state index is -4.55. The summed E-state index contributed by atoms with van der Waals surface area (Å²) in [7, 11) is 0. The van der Waals surface area contributed by atoms with E-state index in [2.05, 4.69) is 4.98 Å². The average Bonchev–Trinajstić information content (AvgIpc) is 3.46. The van der Waals surface area contributed by atoms with E-state index >= 15 is 0 Å². The molecule has 4 fully saturated rings. The summed E-state index contributed by atoms with van der Waals surface area (Å²) >= 11 is 0. The predicted molar refractivity (Wildman–Crippen MR) is 110 cm³/mol. The largest absolute Gasteiger partial charge is 0.408 e. The third-order valence-corrected chi connectivity index (χ3v) is 7.64. The van der Waals surface area contributed by atoms with Gasteiger partial charge in [0.25, 0.3) is 5.56 Å². The number of halogens is 3. The molecule has 5 aliphatic rings. The molecule has 6 rings (SSSR count). The minimum Gasteiger partial charge on any atom is -0.377 e. The van der Waals surface area contributed by atoms with Gasteiger partial charge in [0.2, 0.25) is 11.9 Å². The van der Waals surface area contributed by atoms with Crippen LogP contribution in [0.15, 0.2) is 10.9 Å². The topological polar surface area (TPSA) is 80.1 Å². The molecule has 0 spiro atoms. The van der Waals surface area contributed by atoms with Crippen molar-refractivity contribution in [1.82, 2.24) is 14.5 Å². The second-order valence-electron chi connectivity index (χ2n) is 9.60. The summed E-state index contributed by atoms with van der Waals surface area (Å²) in [4.78, 5) is 35.3. The Morgan fingerprint density at radius 2 is 1.88 bits per heavy atom. The highest BCUT2D eigenvalue weighted by Crippen LogP contribution is 2.37. The van der Waals surface area contributed by atoms with Gasteiger partial charge in [0, 0.05) is 19.2 Å². The van der Waals surface area contributed by atoms with Crippen molar-refractivity contribution in [2.75, 3.05) is 42.7 Å². The third kappa shape index (κ3) is 3.49. The van der Waals surface area contributed by atoms with Crippen molar-refractivity contribution >= 4 is 17.7 Å². The SMILES string of the molecule is O=C(CN1c2nc(N3CC4CC3CO4)cc(=O)n2CC[C@H]1C(F)(F)F)N1C2CCC1COC2. The fourth-order valence-electron chi connectivity index (χ4n) is 6.07. The monoisotopic (exact) mass is 469 g/mol. The number of aromatic nitrogens is 2. The highest BCUT2D eigenvalue weighted by atomic mass is 19.4. The van der Waals surface area contributed by atoms with Crippen molar-refractivity contribution in [2.45, 2.75) is 68.7 Å². The lowest BCUT2D eigenvalue weighted by atomic mass is 10.1. The first kappa shape index (κ1) is 21.2. The number of carbonyl (C=O) groups excluding carboxylic acids is 1. The maximum Gasteiger partial charge on any atom is 0.408 e. The summed E-state index contributed by atoms with van der Waals surface area (Å²) in [5.41, 5.74) is -0.400. The van der Waals surface area contributed by atoms with Gasteiger partial charge in [0.1, 0.15) is 18.4 Å². The fourth-order valence-corrected chi connectivity index (χ4v) is 6.07. The summed E-state index contributed by atoms with van der Waals surface area (Å²) in [5.74, 6) is -0.0979. The second-order valence-corrected chi connectivity index (χ2v) is 9.60. The van der Waals surface area contributed by atoms with Gasteiger partial charge in [-0.1, -0.05) is 0 Å². The first-order valence-corrected chi connectivity index (χ1v) is 11.5. The van der Waals surface area contributed by atoms with E-state index in [4.69, 9.17) is 9.47 Å². The van der Waals surface area contributed by atoms with E-state index in [-0.39, 0.29) is 49.1 Å². The molecule has 0 saturated carbocycles. The minimum absolute atomic E-state index is 0.0491. The molecule has 1 aromatic rings. The molecule has 0 N–H and O–H groups in total. The molecule has 0 aromatic carbocycles. The first-order valence-electron chi connectivity index (χ1n) is 11.5. The highest BCUT2D eigenvalue weighted by Gasteiger charge is 2.49. The van der Waals surface area contributed by atoms with E-state index in [1.54, 1.807) is 4.90 Å². The van der Waals surface area contributed by atoms with Crippen molar-refractivity contribution in [3.63, 3.8) is 0 Å². The van der Waals surface area contributed by atoms with Gasteiger partial charge in [-0.3, -0.25) is 14.2 Å². The summed E-state index contributed by atoms with van der Waals surface area (Å²) in [5, 5.41) is 0. The Morgan fingerprint density at radius 1 is 1.12 bits per heavy atom. The van der Waals surface area contributed by atoms with Gasteiger partial charge >= 0.3 is 6.18 Å². The lowest BCUT2D eigenvalue weighted by Gasteiger charge is -2.41. The molecule has 4 bridgehead atoms. The number of carbonyl (C=O) groups is 1. The number of ether oxygens (including phenoxy) is 2. The normalized spacial score (nSPS) is 33.1. The molecular weight excluding hydrogens is 443 g/mol. The molecule has 5 aliphatic heterocycles. The predicted octanol–water partition coefficient (Wildman–Crippen LogP) is 0.752. The third-order valence-electron chi connectivity index (χ3n) is 7.64. The Balaban J connectivity index is 1.35. The van der Waals surface area contributed by atoms with Gasteiger partial charge in [-0.2, -0.15) is 18.2 Å². The van der Waals surface area contributed by atoms with E-state index in [0.29, 0.717) is 32.2 Å². The van der Waals surface area contributed by atoms with Gasteiger partial charge in [-0.25, -0.2) is 0 Å². The van der Waals surface area contributed by atoms with Gasteiger partial charge in [-0.05, 0) is 25.7 Å². The lowest BCUT2D eigenvalue weighted by molar-refractivity contribution is -0.155. The molecule has 180 valence electrons. The van der Waals surface area contributed by atoms with Crippen LogP contribution in [0.5, 0.6) is 0 Å². The Labute approximate surface area is 188 Å². The zero-order valence-corrected chi connectivity index (χ0v) is 18.0. The molecule has 4 saturated heterocycles. The summed E-state index contributed by atoms with van der Waals surface area (Å²) in [6.45, 7) is 1.32. The van der Waals surface area contributed by atoms with Crippen LogP contribution in [0.4, 0.5) is 24.9 Å². The summed E-state index contributed by atoms with van der Waals surface area (Å²) in [6, 6.07) is -0.633. The van der Waals surface area contributed by atoms with E-state index in [1.807, 2.05) is 4.90 Å². The zero-order valence-electron chi connectivity index (χ0n) is 18.0. The van der Waals surface area contributed by atoms with Crippen LogP contribution in [0.1, 0.15) is 25.7 Å². The summed E-state index contributed by atoms with van der Waals surface area (Å²) < 4.78 is 54.5. The van der Waals surface area contributed by atoms with Crippen LogP contribution in [0.2, 0.25) is 0 Å². The zero-order chi connectivity index (χ0) is 22.9. The Bertz CT molecular complexity index is 1000. The smallest absolute Gasteiger partial charge is 0.377 e. The molecule has 0 radical (unpaired) electrons. The molecule has 4 unspecified atom stereocenters. The molecule has 5 atom stereocenters. The number of morpholine rings is 2. The quantitative estimate of drug-likeness (QED) is 0.647. The molecule has 6 heterocycles. The Kier molecular flexibility index (Phi) is 4.88. The van der Waals surface area contributed by atoms with Crippen LogP contribution in [-0.2, 0) is 20.8 Å². The Morgan fingerprint density at radius 3 is 2.52 bits per heavy atom. The highest BCUT2D eigenvalue weighted by molar-refractivity contribution is 5.82. The van der Waals surface area contributed by atoms with Gasteiger partial charge in [-0.15, -0.1) is 0 Å².